The Hall–Kier alpha value is -1.73. The molecule has 112 valence electrons. The van der Waals surface area contributed by atoms with Crippen LogP contribution in [0, 0.1) is 0 Å². The summed E-state index contributed by atoms with van der Waals surface area (Å²) in [5.74, 6) is -1.46. The SMILES string of the molecule is CCc1cc(C(F)(F)F)cc(C(=O)OC)c1C(F)(F)F. The second-order valence-electron chi connectivity index (χ2n) is 3.90. The highest BCUT2D eigenvalue weighted by atomic mass is 19.4. The first-order valence-corrected chi connectivity index (χ1v) is 5.42. The quantitative estimate of drug-likeness (QED) is 0.608. The van der Waals surface area contributed by atoms with Crippen molar-refractivity contribution in [2.45, 2.75) is 25.7 Å². The Kier molecular flexibility index (Phi) is 4.36. The lowest BCUT2D eigenvalue weighted by Gasteiger charge is -2.18. The zero-order valence-corrected chi connectivity index (χ0v) is 10.4. The molecule has 2 nitrogen and oxygen atoms in total. The fourth-order valence-corrected chi connectivity index (χ4v) is 1.75. The first-order chi connectivity index (χ1) is 9.02. The van der Waals surface area contributed by atoms with Gasteiger partial charge in [-0.2, -0.15) is 26.3 Å². The van der Waals surface area contributed by atoms with Crippen LogP contribution in [0.1, 0.15) is 34.0 Å². The number of carbonyl (C=O) groups excluding carboxylic acids is 1. The van der Waals surface area contributed by atoms with Crippen LogP contribution < -0.4 is 0 Å². The summed E-state index contributed by atoms with van der Waals surface area (Å²) >= 11 is 0. The van der Waals surface area contributed by atoms with E-state index in [0.29, 0.717) is 6.07 Å². The van der Waals surface area contributed by atoms with Crippen molar-refractivity contribution in [3.05, 3.63) is 34.4 Å². The van der Waals surface area contributed by atoms with Gasteiger partial charge in [0.15, 0.2) is 0 Å². The monoisotopic (exact) mass is 300 g/mol. The average molecular weight is 300 g/mol. The smallest absolute Gasteiger partial charge is 0.417 e. The molecule has 0 atom stereocenters. The van der Waals surface area contributed by atoms with Crippen LogP contribution in [0.25, 0.3) is 0 Å². The summed E-state index contributed by atoms with van der Waals surface area (Å²) in [7, 11) is 0.800. The van der Waals surface area contributed by atoms with E-state index in [9.17, 15) is 31.1 Å². The Labute approximate surface area is 110 Å². The topological polar surface area (TPSA) is 26.3 Å². The molecule has 0 unspecified atom stereocenters. The molecule has 0 radical (unpaired) electrons. The number of rotatable bonds is 2. The van der Waals surface area contributed by atoms with E-state index in [4.69, 9.17) is 0 Å². The van der Waals surface area contributed by atoms with Crippen molar-refractivity contribution < 1.29 is 35.9 Å². The summed E-state index contributed by atoms with van der Waals surface area (Å²) in [6.45, 7) is 1.27. The third-order valence-corrected chi connectivity index (χ3v) is 2.62. The molecule has 0 bridgehead atoms. The number of ether oxygens (including phenoxy) is 1. The lowest BCUT2D eigenvalue weighted by atomic mass is 9.95. The molecule has 8 heteroatoms. The molecule has 1 aromatic carbocycles. The van der Waals surface area contributed by atoms with E-state index in [1.807, 2.05) is 0 Å². The number of aryl methyl sites for hydroxylation is 1. The van der Waals surface area contributed by atoms with Gasteiger partial charge >= 0.3 is 18.3 Å². The van der Waals surface area contributed by atoms with Crippen LogP contribution in [-0.2, 0) is 23.5 Å². The summed E-state index contributed by atoms with van der Waals surface area (Å²) in [6.07, 6.45) is -10.1. The predicted octanol–water partition coefficient (Wildman–Crippen LogP) is 4.07. The van der Waals surface area contributed by atoms with Crippen LogP contribution in [0.4, 0.5) is 26.3 Å². The van der Waals surface area contributed by atoms with Crippen LogP contribution in [0.2, 0.25) is 0 Å². The van der Waals surface area contributed by atoms with Gasteiger partial charge < -0.3 is 4.74 Å². The van der Waals surface area contributed by atoms with Crippen molar-refractivity contribution in [3.8, 4) is 0 Å². The van der Waals surface area contributed by atoms with Gasteiger partial charge in [0.25, 0.3) is 0 Å². The Balaban J connectivity index is 3.70. The molecule has 0 N–H and O–H groups in total. The van der Waals surface area contributed by atoms with Crippen LogP contribution in [0.3, 0.4) is 0 Å². The fourth-order valence-electron chi connectivity index (χ4n) is 1.75. The van der Waals surface area contributed by atoms with E-state index < -0.39 is 40.6 Å². The third-order valence-electron chi connectivity index (χ3n) is 2.62. The lowest BCUT2D eigenvalue weighted by molar-refractivity contribution is -0.142. The molecular weight excluding hydrogens is 290 g/mol. The van der Waals surface area contributed by atoms with Crippen molar-refractivity contribution >= 4 is 5.97 Å². The third kappa shape index (κ3) is 3.23. The molecule has 0 saturated heterocycles. The summed E-state index contributed by atoms with van der Waals surface area (Å²) < 4.78 is 80.9. The van der Waals surface area contributed by atoms with Gasteiger partial charge in [-0.15, -0.1) is 0 Å². The molecule has 0 aliphatic carbocycles. The number of esters is 1. The Morgan fingerprint density at radius 3 is 2.00 bits per heavy atom. The Morgan fingerprint density at radius 1 is 1.10 bits per heavy atom. The van der Waals surface area contributed by atoms with E-state index >= 15 is 0 Å². The molecule has 0 amide bonds. The molecule has 0 aromatic heterocycles. The van der Waals surface area contributed by atoms with E-state index in [0.717, 1.165) is 7.11 Å². The van der Waals surface area contributed by atoms with Crippen LogP contribution in [-0.4, -0.2) is 13.1 Å². The second kappa shape index (κ2) is 5.34. The van der Waals surface area contributed by atoms with Crippen molar-refractivity contribution in [2.75, 3.05) is 7.11 Å². The van der Waals surface area contributed by atoms with Gasteiger partial charge in [-0.05, 0) is 24.1 Å². The van der Waals surface area contributed by atoms with Gasteiger partial charge in [-0.1, -0.05) is 6.92 Å². The summed E-state index contributed by atoms with van der Waals surface area (Å²) in [5.41, 5.74) is -4.44. The largest absolute Gasteiger partial charge is 0.465 e. The minimum atomic E-state index is -4.95. The van der Waals surface area contributed by atoms with Crippen molar-refractivity contribution in [3.63, 3.8) is 0 Å². The second-order valence-corrected chi connectivity index (χ2v) is 3.90. The van der Waals surface area contributed by atoms with Crippen molar-refractivity contribution in [2.24, 2.45) is 0 Å². The zero-order chi connectivity index (χ0) is 15.7. The first kappa shape index (κ1) is 16.3. The maximum atomic E-state index is 12.9. The number of methoxy groups -OCH3 is 1. The van der Waals surface area contributed by atoms with Gasteiger partial charge in [0.05, 0.1) is 23.8 Å². The molecule has 0 aliphatic rings. The highest BCUT2D eigenvalue weighted by Gasteiger charge is 2.41. The molecule has 0 fully saturated rings. The molecule has 0 spiro atoms. The fraction of sp³-hybridized carbons (Fsp3) is 0.417. The standard InChI is InChI=1S/C12H10F6O2/c1-3-6-4-7(11(13,14)15)5-8(10(19)20-2)9(6)12(16,17)18/h4-5H,3H2,1-2H3. The normalized spacial score (nSPS) is 12.4. The minimum absolute atomic E-state index is 0.161. The maximum Gasteiger partial charge on any atom is 0.417 e. The van der Waals surface area contributed by atoms with Gasteiger partial charge in [-0.25, -0.2) is 4.79 Å². The zero-order valence-electron chi connectivity index (χ0n) is 10.4. The highest BCUT2D eigenvalue weighted by molar-refractivity contribution is 5.92. The molecule has 20 heavy (non-hydrogen) atoms. The average Bonchev–Trinajstić information content (AvgIpc) is 2.33. The van der Waals surface area contributed by atoms with Crippen molar-refractivity contribution in [1.29, 1.82) is 0 Å². The molecule has 0 heterocycles. The summed E-state index contributed by atoms with van der Waals surface area (Å²) in [5, 5.41) is 0. The van der Waals surface area contributed by atoms with E-state index in [2.05, 4.69) is 4.74 Å². The Morgan fingerprint density at radius 2 is 1.65 bits per heavy atom. The highest BCUT2D eigenvalue weighted by Crippen LogP contribution is 2.39. The van der Waals surface area contributed by atoms with Crippen LogP contribution in [0.5, 0.6) is 0 Å². The first-order valence-electron chi connectivity index (χ1n) is 5.42. The minimum Gasteiger partial charge on any atom is -0.465 e. The number of hydrogen-bond donors (Lipinski definition) is 0. The Bertz CT molecular complexity index is 516. The molecule has 1 rings (SSSR count). The van der Waals surface area contributed by atoms with E-state index in [1.54, 1.807) is 0 Å². The van der Waals surface area contributed by atoms with Gasteiger partial charge in [0, 0.05) is 0 Å². The molecular formula is C12H10F6O2. The molecule has 1 aromatic rings. The molecule has 0 aliphatic heterocycles. The van der Waals surface area contributed by atoms with E-state index in [1.165, 1.54) is 6.92 Å². The number of hydrogen-bond acceptors (Lipinski definition) is 2. The predicted molar refractivity (Wildman–Crippen MR) is 57.2 cm³/mol. The van der Waals surface area contributed by atoms with Gasteiger partial charge in [-0.3, -0.25) is 0 Å². The number of benzene rings is 1. The van der Waals surface area contributed by atoms with E-state index in [-0.39, 0.29) is 12.5 Å². The maximum absolute atomic E-state index is 12.9. The van der Waals surface area contributed by atoms with Crippen LogP contribution >= 0.6 is 0 Å². The van der Waals surface area contributed by atoms with Gasteiger partial charge in [0.2, 0.25) is 0 Å². The van der Waals surface area contributed by atoms with Crippen LogP contribution in [0.15, 0.2) is 12.1 Å². The number of alkyl halides is 6. The van der Waals surface area contributed by atoms with Gasteiger partial charge in [0.1, 0.15) is 0 Å². The number of halogens is 6. The molecule has 0 saturated carbocycles. The lowest BCUT2D eigenvalue weighted by Crippen LogP contribution is -2.19. The van der Waals surface area contributed by atoms with Crippen molar-refractivity contribution in [1.82, 2.24) is 0 Å². The summed E-state index contributed by atoms with van der Waals surface area (Å²) in [4.78, 5) is 11.3. The summed E-state index contributed by atoms with van der Waals surface area (Å²) in [6, 6.07) is 0.559. The number of carbonyl (C=O) groups is 1.